The number of nitrogens with zero attached hydrogens (tertiary/aromatic N) is 1. The molecule has 4 aromatic rings. The van der Waals surface area contributed by atoms with Crippen molar-refractivity contribution in [3.8, 4) is 0 Å². The molecule has 0 bridgehead atoms. The Balaban J connectivity index is 1.56. The smallest absolute Gasteiger partial charge is 0.295 e. The largest absolute Gasteiger partial charge is 0.507 e. The third kappa shape index (κ3) is 3.64. The molecule has 0 radical (unpaired) electrons. The topological polar surface area (TPSA) is 73.4 Å². The number of aliphatic hydroxyl groups excluding tert-OH is 1. The van der Waals surface area contributed by atoms with Crippen molar-refractivity contribution in [1.82, 2.24) is 9.88 Å². The fraction of sp³-hybridized carbons (Fsp3) is 0.154. The number of H-pyrrole nitrogens is 1. The van der Waals surface area contributed by atoms with Gasteiger partial charge in [-0.15, -0.1) is 11.3 Å². The maximum atomic E-state index is 13.4. The molecule has 0 saturated carbocycles. The zero-order valence-corrected chi connectivity index (χ0v) is 18.7. The molecule has 1 saturated heterocycles. The van der Waals surface area contributed by atoms with E-state index in [0.29, 0.717) is 18.5 Å². The second kappa shape index (κ2) is 8.33. The highest BCUT2D eigenvalue weighted by Gasteiger charge is 2.46. The summed E-state index contributed by atoms with van der Waals surface area (Å²) in [6.07, 6.45) is 2.47. The Morgan fingerprint density at radius 2 is 1.88 bits per heavy atom. The van der Waals surface area contributed by atoms with E-state index in [9.17, 15) is 19.1 Å². The lowest BCUT2D eigenvalue weighted by Gasteiger charge is -2.25. The summed E-state index contributed by atoms with van der Waals surface area (Å²) in [5.74, 6) is -2.11. The lowest BCUT2D eigenvalue weighted by Crippen LogP contribution is -2.31. The fourth-order valence-corrected chi connectivity index (χ4v) is 5.44. The number of carbonyl (C=O) groups is 2. The number of nitrogens with one attached hydrogen (secondary N) is 1. The molecule has 1 aliphatic heterocycles. The predicted octanol–water partition coefficient (Wildman–Crippen LogP) is 5.34. The number of Topliss-reactive ketones (excluding diaryl/α,β-unsaturated/α-hetero) is 1. The minimum atomic E-state index is -0.728. The number of amides is 1. The van der Waals surface area contributed by atoms with Gasteiger partial charge >= 0.3 is 0 Å². The van der Waals surface area contributed by atoms with Gasteiger partial charge in [0, 0.05) is 34.1 Å². The van der Waals surface area contributed by atoms with Crippen LogP contribution < -0.4 is 0 Å². The first kappa shape index (κ1) is 21.2. The zero-order valence-electron chi connectivity index (χ0n) is 17.8. The van der Waals surface area contributed by atoms with Crippen molar-refractivity contribution in [1.29, 1.82) is 0 Å². The molecule has 1 amide bonds. The molecule has 33 heavy (non-hydrogen) atoms. The molecule has 1 atom stereocenters. The summed E-state index contributed by atoms with van der Waals surface area (Å²) in [6.45, 7) is 2.23. The Labute approximate surface area is 193 Å². The van der Waals surface area contributed by atoms with Gasteiger partial charge in [-0.25, -0.2) is 4.39 Å². The molecule has 2 aromatic carbocycles. The van der Waals surface area contributed by atoms with Crippen LogP contribution in [0.5, 0.6) is 0 Å². The molecule has 166 valence electrons. The van der Waals surface area contributed by atoms with E-state index >= 15 is 0 Å². The summed E-state index contributed by atoms with van der Waals surface area (Å²) < 4.78 is 13.4. The Morgan fingerprint density at radius 3 is 2.61 bits per heavy atom. The van der Waals surface area contributed by atoms with Gasteiger partial charge in [0.15, 0.2) is 0 Å². The van der Waals surface area contributed by atoms with Crippen molar-refractivity contribution >= 4 is 39.7 Å². The van der Waals surface area contributed by atoms with Crippen molar-refractivity contribution in [2.45, 2.75) is 19.4 Å². The van der Waals surface area contributed by atoms with Crippen LogP contribution in [0.3, 0.4) is 0 Å². The van der Waals surface area contributed by atoms with Gasteiger partial charge in [-0.2, -0.15) is 0 Å². The number of aliphatic hydroxyl groups is 1. The van der Waals surface area contributed by atoms with Crippen LogP contribution in [-0.4, -0.2) is 33.2 Å². The first-order valence-corrected chi connectivity index (χ1v) is 11.5. The third-order valence-electron chi connectivity index (χ3n) is 6.10. The maximum Gasteiger partial charge on any atom is 0.295 e. The number of rotatable bonds is 5. The number of fused-ring (bicyclic) bond motifs is 1. The monoisotopic (exact) mass is 460 g/mol. The fourth-order valence-electron chi connectivity index (χ4n) is 4.39. The van der Waals surface area contributed by atoms with E-state index in [4.69, 9.17) is 0 Å². The molecule has 0 aliphatic carbocycles. The van der Waals surface area contributed by atoms with Gasteiger partial charge < -0.3 is 15.0 Å². The molecule has 7 heteroatoms. The molecule has 2 N–H and O–H groups in total. The number of hydrogen-bond donors (Lipinski definition) is 2. The van der Waals surface area contributed by atoms with Crippen LogP contribution in [0.1, 0.15) is 27.6 Å². The summed E-state index contributed by atoms with van der Waals surface area (Å²) in [5, 5.41) is 14.0. The van der Waals surface area contributed by atoms with Crippen molar-refractivity contribution in [2.75, 3.05) is 6.54 Å². The van der Waals surface area contributed by atoms with Crippen molar-refractivity contribution < 1.29 is 19.1 Å². The maximum absolute atomic E-state index is 13.4. The Hall–Kier alpha value is -3.71. The average molecular weight is 461 g/mol. The average Bonchev–Trinajstić information content (AvgIpc) is 3.49. The SMILES string of the molecule is Cc1ccsc1C1/C(=C(/O)c2ccc(F)cc2)C(=O)C(=O)N1CCc1c[nH]c2ccccc12. The number of aryl methyl sites for hydroxylation is 1. The van der Waals surface area contributed by atoms with Crippen molar-refractivity contribution in [3.63, 3.8) is 0 Å². The van der Waals surface area contributed by atoms with Gasteiger partial charge in [-0.05, 0) is 66.2 Å². The molecule has 1 unspecified atom stereocenters. The number of aromatic amines is 1. The van der Waals surface area contributed by atoms with E-state index in [-0.39, 0.29) is 11.3 Å². The quantitative estimate of drug-likeness (QED) is 0.240. The lowest BCUT2D eigenvalue weighted by molar-refractivity contribution is -0.139. The number of benzene rings is 2. The molecule has 5 rings (SSSR count). The van der Waals surface area contributed by atoms with E-state index in [1.165, 1.54) is 40.5 Å². The number of para-hydroxylation sites is 1. The number of hydrogen-bond acceptors (Lipinski definition) is 4. The number of likely N-dealkylation sites (tertiary alicyclic amines) is 1. The molecule has 0 spiro atoms. The minimum absolute atomic E-state index is 0.0380. The van der Waals surface area contributed by atoms with Gasteiger partial charge in [-0.3, -0.25) is 9.59 Å². The molecular weight excluding hydrogens is 439 g/mol. The third-order valence-corrected chi connectivity index (χ3v) is 7.18. The summed E-state index contributed by atoms with van der Waals surface area (Å²) >= 11 is 1.44. The molecule has 2 aromatic heterocycles. The van der Waals surface area contributed by atoms with Gasteiger partial charge in [0.05, 0.1) is 11.6 Å². The summed E-state index contributed by atoms with van der Waals surface area (Å²) in [7, 11) is 0. The lowest BCUT2D eigenvalue weighted by atomic mass is 9.98. The zero-order chi connectivity index (χ0) is 23.1. The highest BCUT2D eigenvalue weighted by atomic mass is 32.1. The Morgan fingerprint density at radius 1 is 1.12 bits per heavy atom. The standard InChI is InChI=1S/C26H21FN2O3S/c1-15-11-13-33-25(15)22-21(23(30)16-6-8-18(27)9-7-16)24(31)26(32)29(22)12-10-17-14-28-20-5-3-2-4-19(17)20/h2-9,11,13-14,22,28,30H,10,12H2,1H3/b23-21-. The second-order valence-corrected chi connectivity index (χ2v) is 9.02. The van der Waals surface area contributed by atoms with Crippen LogP contribution in [0.4, 0.5) is 4.39 Å². The first-order chi connectivity index (χ1) is 16.0. The van der Waals surface area contributed by atoms with Crippen LogP contribution in [0, 0.1) is 12.7 Å². The Bertz CT molecular complexity index is 1400. The number of halogens is 1. The summed E-state index contributed by atoms with van der Waals surface area (Å²) in [4.78, 5) is 31.8. The number of ketones is 1. The molecular formula is C26H21FN2O3S. The van der Waals surface area contributed by atoms with Crippen molar-refractivity contribution in [3.05, 3.63) is 99.1 Å². The summed E-state index contributed by atoms with van der Waals surface area (Å²) in [5.41, 5.74) is 3.33. The Kier molecular flexibility index (Phi) is 5.34. The van der Waals surface area contributed by atoms with Crippen LogP contribution >= 0.6 is 11.3 Å². The van der Waals surface area contributed by atoms with E-state index in [1.807, 2.05) is 48.8 Å². The van der Waals surface area contributed by atoms with Gasteiger partial charge in [0.1, 0.15) is 11.6 Å². The van der Waals surface area contributed by atoms with E-state index in [2.05, 4.69) is 4.98 Å². The first-order valence-electron chi connectivity index (χ1n) is 10.6. The van der Waals surface area contributed by atoms with Crippen molar-refractivity contribution in [2.24, 2.45) is 0 Å². The van der Waals surface area contributed by atoms with Crippen LogP contribution in [0.25, 0.3) is 16.7 Å². The molecule has 1 fully saturated rings. The van der Waals surface area contributed by atoms with Gasteiger partial charge in [0.2, 0.25) is 0 Å². The van der Waals surface area contributed by atoms with E-state index < -0.39 is 23.5 Å². The molecule has 1 aliphatic rings. The normalized spacial score (nSPS) is 17.9. The van der Waals surface area contributed by atoms with Crippen LogP contribution in [0.15, 0.2) is 71.7 Å². The summed E-state index contributed by atoms with van der Waals surface area (Å²) in [6, 6.07) is 14.4. The van der Waals surface area contributed by atoms with E-state index in [1.54, 1.807) is 0 Å². The molecule has 5 nitrogen and oxygen atoms in total. The van der Waals surface area contributed by atoms with E-state index in [0.717, 1.165) is 26.9 Å². The predicted molar refractivity (Wildman–Crippen MR) is 126 cm³/mol. The minimum Gasteiger partial charge on any atom is -0.507 e. The van der Waals surface area contributed by atoms with Gasteiger partial charge in [0.25, 0.3) is 11.7 Å². The highest BCUT2D eigenvalue weighted by molar-refractivity contribution is 7.10. The second-order valence-electron chi connectivity index (χ2n) is 8.08. The number of thiophene rings is 1. The van der Waals surface area contributed by atoms with Crippen LogP contribution in [-0.2, 0) is 16.0 Å². The highest BCUT2D eigenvalue weighted by Crippen LogP contribution is 2.42. The number of carbonyl (C=O) groups excluding carboxylic acids is 2. The molecule has 3 heterocycles. The van der Waals surface area contributed by atoms with Crippen LogP contribution in [0.2, 0.25) is 0 Å². The number of aromatic nitrogens is 1. The van der Waals surface area contributed by atoms with Gasteiger partial charge in [-0.1, -0.05) is 18.2 Å².